The van der Waals surface area contributed by atoms with Gasteiger partial charge in [-0.1, -0.05) is 49.6 Å². The lowest BCUT2D eigenvalue weighted by Crippen LogP contribution is -2.46. The fourth-order valence-corrected chi connectivity index (χ4v) is 3.86. The predicted octanol–water partition coefficient (Wildman–Crippen LogP) is 3.35. The standard InChI is InChI=1S/C19H28N2O/c22-19(17-11-13-20-14-12-17)21(18-9-5-2-6-10-18)15-16-7-3-1-4-8-16/h1,3-4,7-8,17-18,20H,2,5-6,9-15H2. The van der Waals surface area contributed by atoms with Gasteiger partial charge in [-0.25, -0.2) is 0 Å². The molecule has 2 fully saturated rings. The first-order valence-electron chi connectivity index (χ1n) is 8.90. The summed E-state index contributed by atoms with van der Waals surface area (Å²) in [7, 11) is 0. The van der Waals surface area contributed by atoms with Crippen molar-refractivity contribution < 1.29 is 4.79 Å². The van der Waals surface area contributed by atoms with Gasteiger partial charge in [0.1, 0.15) is 0 Å². The van der Waals surface area contributed by atoms with Crippen LogP contribution in [0, 0.1) is 5.92 Å². The minimum Gasteiger partial charge on any atom is -0.335 e. The molecule has 3 rings (SSSR count). The molecule has 0 spiro atoms. The number of carbonyl (C=O) groups excluding carboxylic acids is 1. The highest BCUT2D eigenvalue weighted by Crippen LogP contribution is 2.27. The van der Waals surface area contributed by atoms with Crippen LogP contribution in [0.5, 0.6) is 0 Å². The zero-order valence-corrected chi connectivity index (χ0v) is 13.5. The number of benzene rings is 1. The second kappa shape index (κ2) is 7.77. The van der Waals surface area contributed by atoms with Gasteiger partial charge in [-0.05, 0) is 44.3 Å². The summed E-state index contributed by atoms with van der Waals surface area (Å²) in [6.07, 6.45) is 8.24. The van der Waals surface area contributed by atoms with E-state index in [0.29, 0.717) is 11.9 Å². The van der Waals surface area contributed by atoms with Crippen LogP contribution in [-0.4, -0.2) is 29.9 Å². The Bertz CT molecular complexity index is 462. The maximum Gasteiger partial charge on any atom is 0.226 e. The van der Waals surface area contributed by atoms with E-state index in [1.165, 1.54) is 37.7 Å². The third-order valence-corrected chi connectivity index (χ3v) is 5.18. The molecule has 0 bridgehead atoms. The Balaban J connectivity index is 1.73. The van der Waals surface area contributed by atoms with Crippen LogP contribution in [-0.2, 0) is 11.3 Å². The van der Waals surface area contributed by atoms with Crippen molar-refractivity contribution in [3.05, 3.63) is 35.9 Å². The smallest absolute Gasteiger partial charge is 0.226 e. The van der Waals surface area contributed by atoms with E-state index in [1.807, 2.05) is 6.07 Å². The monoisotopic (exact) mass is 300 g/mol. The highest BCUT2D eigenvalue weighted by Gasteiger charge is 2.31. The van der Waals surface area contributed by atoms with Crippen molar-refractivity contribution in [1.82, 2.24) is 10.2 Å². The minimum absolute atomic E-state index is 0.229. The van der Waals surface area contributed by atoms with Gasteiger partial charge in [0, 0.05) is 18.5 Å². The molecule has 1 saturated heterocycles. The maximum absolute atomic E-state index is 13.1. The van der Waals surface area contributed by atoms with E-state index in [2.05, 4.69) is 34.5 Å². The van der Waals surface area contributed by atoms with Gasteiger partial charge in [0.2, 0.25) is 5.91 Å². The molecule has 1 aromatic rings. The van der Waals surface area contributed by atoms with E-state index in [9.17, 15) is 4.79 Å². The normalized spacial score (nSPS) is 20.7. The Morgan fingerprint density at radius 2 is 1.68 bits per heavy atom. The van der Waals surface area contributed by atoms with Crippen molar-refractivity contribution in [2.24, 2.45) is 5.92 Å². The molecule has 0 aromatic heterocycles. The highest BCUT2D eigenvalue weighted by molar-refractivity contribution is 5.79. The van der Waals surface area contributed by atoms with Gasteiger partial charge in [0.05, 0.1) is 0 Å². The van der Waals surface area contributed by atoms with Crippen molar-refractivity contribution in [3.63, 3.8) is 0 Å². The van der Waals surface area contributed by atoms with Gasteiger partial charge in [0.15, 0.2) is 0 Å². The molecule has 1 N–H and O–H groups in total. The second-order valence-corrected chi connectivity index (χ2v) is 6.77. The van der Waals surface area contributed by atoms with Gasteiger partial charge in [0.25, 0.3) is 0 Å². The van der Waals surface area contributed by atoms with Crippen LogP contribution in [0.3, 0.4) is 0 Å². The van der Waals surface area contributed by atoms with Crippen molar-refractivity contribution in [1.29, 1.82) is 0 Å². The van der Waals surface area contributed by atoms with Gasteiger partial charge in [-0.2, -0.15) is 0 Å². The maximum atomic E-state index is 13.1. The summed E-state index contributed by atoms with van der Waals surface area (Å²) in [5.74, 6) is 0.629. The average molecular weight is 300 g/mol. The molecule has 3 heteroatoms. The number of piperidine rings is 1. The second-order valence-electron chi connectivity index (χ2n) is 6.77. The lowest BCUT2D eigenvalue weighted by Gasteiger charge is -2.37. The van der Waals surface area contributed by atoms with Crippen LogP contribution in [0.4, 0.5) is 0 Å². The lowest BCUT2D eigenvalue weighted by atomic mass is 9.90. The van der Waals surface area contributed by atoms with E-state index >= 15 is 0 Å². The molecule has 1 aliphatic heterocycles. The van der Waals surface area contributed by atoms with Crippen molar-refractivity contribution >= 4 is 5.91 Å². The quantitative estimate of drug-likeness (QED) is 0.925. The molecule has 120 valence electrons. The number of nitrogens with zero attached hydrogens (tertiary/aromatic N) is 1. The molecule has 0 unspecified atom stereocenters. The Morgan fingerprint density at radius 1 is 1.00 bits per heavy atom. The topological polar surface area (TPSA) is 32.3 Å². The highest BCUT2D eigenvalue weighted by atomic mass is 16.2. The molecule has 0 atom stereocenters. The Kier molecular flexibility index (Phi) is 5.49. The van der Waals surface area contributed by atoms with Crippen molar-refractivity contribution in [2.45, 2.75) is 57.5 Å². The summed E-state index contributed by atoms with van der Waals surface area (Å²) in [6, 6.07) is 10.9. The zero-order chi connectivity index (χ0) is 15.2. The summed E-state index contributed by atoms with van der Waals surface area (Å²) < 4.78 is 0. The number of hydrogen-bond acceptors (Lipinski definition) is 2. The number of carbonyl (C=O) groups is 1. The number of rotatable bonds is 4. The molecular formula is C19H28N2O. The average Bonchev–Trinajstić information content (AvgIpc) is 2.61. The van der Waals surface area contributed by atoms with Crippen molar-refractivity contribution in [3.8, 4) is 0 Å². The fraction of sp³-hybridized carbons (Fsp3) is 0.632. The van der Waals surface area contributed by atoms with E-state index in [1.54, 1.807) is 0 Å². The molecule has 3 nitrogen and oxygen atoms in total. The molecule has 1 saturated carbocycles. The van der Waals surface area contributed by atoms with Crippen LogP contribution < -0.4 is 5.32 Å². The van der Waals surface area contributed by atoms with Crippen LogP contribution in [0.15, 0.2) is 30.3 Å². The molecule has 1 heterocycles. The third kappa shape index (κ3) is 3.89. The first-order chi connectivity index (χ1) is 10.8. The summed E-state index contributed by atoms with van der Waals surface area (Å²) in [6.45, 7) is 2.76. The molecule has 22 heavy (non-hydrogen) atoms. The molecule has 2 aliphatic rings. The van der Waals surface area contributed by atoms with E-state index < -0.39 is 0 Å². The van der Waals surface area contributed by atoms with Gasteiger partial charge < -0.3 is 10.2 Å². The third-order valence-electron chi connectivity index (χ3n) is 5.18. The van der Waals surface area contributed by atoms with Crippen LogP contribution in [0.1, 0.15) is 50.5 Å². The van der Waals surface area contributed by atoms with E-state index in [0.717, 1.165) is 32.5 Å². The van der Waals surface area contributed by atoms with Crippen LogP contribution >= 0.6 is 0 Å². The van der Waals surface area contributed by atoms with Gasteiger partial charge in [-0.15, -0.1) is 0 Å². The largest absolute Gasteiger partial charge is 0.335 e. The number of hydrogen-bond donors (Lipinski definition) is 1. The zero-order valence-electron chi connectivity index (χ0n) is 13.5. The van der Waals surface area contributed by atoms with Crippen LogP contribution in [0.2, 0.25) is 0 Å². The summed E-state index contributed by atoms with van der Waals surface area (Å²) in [5, 5.41) is 3.37. The molecule has 1 aliphatic carbocycles. The van der Waals surface area contributed by atoms with Crippen molar-refractivity contribution in [2.75, 3.05) is 13.1 Å². The Labute approximate surface area is 134 Å². The minimum atomic E-state index is 0.229. The van der Waals surface area contributed by atoms with E-state index in [4.69, 9.17) is 0 Å². The molecule has 0 radical (unpaired) electrons. The Hall–Kier alpha value is -1.35. The summed E-state index contributed by atoms with van der Waals surface area (Å²) in [4.78, 5) is 15.3. The SMILES string of the molecule is O=C(C1CCNCC1)N(Cc1ccccc1)C1CCCCC1. The fourth-order valence-electron chi connectivity index (χ4n) is 3.86. The van der Waals surface area contributed by atoms with Crippen LogP contribution in [0.25, 0.3) is 0 Å². The molecular weight excluding hydrogens is 272 g/mol. The lowest BCUT2D eigenvalue weighted by molar-refractivity contribution is -0.140. The van der Waals surface area contributed by atoms with Gasteiger partial charge in [-0.3, -0.25) is 4.79 Å². The summed E-state index contributed by atoms with van der Waals surface area (Å²) in [5.41, 5.74) is 1.26. The van der Waals surface area contributed by atoms with Gasteiger partial charge >= 0.3 is 0 Å². The first-order valence-corrected chi connectivity index (χ1v) is 8.90. The molecule has 1 amide bonds. The first kappa shape index (κ1) is 15.5. The Morgan fingerprint density at radius 3 is 2.36 bits per heavy atom. The molecule has 1 aromatic carbocycles. The predicted molar refractivity (Wildman–Crippen MR) is 89.5 cm³/mol. The number of nitrogens with one attached hydrogen (secondary N) is 1. The number of amides is 1. The summed E-state index contributed by atoms with van der Waals surface area (Å²) >= 11 is 0. The van der Waals surface area contributed by atoms with E-state index in [-0.39, 0.29) is 5.92 Å².